The van der Waals surface area contributed by atoms with E-state index < -0.39 is 12.4 Å². The lowest BCUT2D eigenvalue weighted by Crippen LogP contribution is -2.56. The van der Waals surface area contributed by atoms with Crippen LogP contribution in [0.4, 0.5) is 0 Å². The smallest absolute Gasteiger partial charge is 0.160 e. The molecule has 0 unspecified atom stereocenters. The summed E-state index contributed by atoms with van der Waals surface area (Å²) in [5.41, 5.74) is 3.23. The van der Waals surface area contributed by atoms with Crippen molar-refractivity contribution >= 4 is 0 Å². The van der Waals surface area contributed by atoms with E-state index in [9.17, 15) is 5.11 Å². The van der Waals surface area contributed by atoms with Crippen molar-refractivity contribution in [1.29, 1.82) is 0 Å². The van der Waals surface area contributed by atoms with Gasteiger partial charge in [0, 0.05) is 5.92 Å². The monoisotopic (exact) mass is 448 g/mol. The first-order chi connectivity index (χ1) is 16.2. The molecule has 1 fully saturated rings. The molecule has 0 amide bonds. The van der Waals surface area contributed by atoms with Gasteiger partial charge in [0.2, 0.25) is 0 Å². The zero-order chi connectivity index (χ0) is 22.9. The fourth-order valence-electron chi connectivity index (χ4n) is 4.04. The van der Waals surface area contributed by atoms with Crippen molar-refractivity contribution < 1.29 is 24.1 Å². The van der Waals surface area contributed by atoms with Crippen LogP contribution in [0.25, 0.3) is 0 Å². The number of hydrogen-bond acceptors (Lipinski definition) is 5. The standard InChI is InChI=1S/C28H32O5/c1-21-26(31-18-23-13-7-3-8-14-23)27(32-19-24-15-9-4-10-16-24)25(33-28(21)29)20-30-17-22-11-5-2-6-12-22/h2-16,21,25-29H,17-20H2,1H3/t21-,25+,26+,27+,28-/m0/s1. The third kappa shape index (κ3) is 6.73. The van der Waals surface area contributed by atoms with E-state index in [0.29, 0.717) is 26.4 Å². The molecule has 1 aliphatic rings. The predicted octanol–water partition coefficient (Wildman–Crippen LogP) is 4.73. The minimum atomic E-state index is -0.951. The van der Waals surface area contributed by atoms with E-state index in [2.05, 4.69) is 0 Å². The zero-order valence-electron chi connectivity index (χ0n) is 19.0. The number of aliphatic hydroxyl groups excluding tert-OH is 1. The third-order valence-electron chi connectivity index (χ3n) is 5.94. The Hall–Kier alpha value is -2.54. The lowest BCUT2D eigenvalue weighted by atomic mass is 9.92. The summed E-state index contributed by atoms with van der Waals surface area (Å²) < 4.78 is 24.6. The topological polar surface area (TPSA) is 57.2 Å². The van der Waals surface area contributed by atoms with Crippen LogP contribution in [-0.2, 0) is 38.8 Å². The first kappa shape index (κ1) is 23.6. The van der Waals surface area contributed by atoms with Gasteiger partial charge >= 0.3 is 0 Å². The fraction of sp³-hybridized carbons (Fsp3) is 0.357. The molecule has 0 aromatic heterocycles. The Bertz CT molecular complexity index is 934. The number of hydrogen-bond donors (Lipinski definition) is 1. The molecule has 1 heterocycles. The highest BCUT2D eigenvalue weighted by molar-refractivity contribution is 5.15. The van der Waals surface area contributed by atoms with Crippen LogP contribution >= 0.6 is 0 Å². The van der Waals surface area contributed by atoms with Crippen LogP contribution in [0.15, 0.2) is 91.0 Å². The Balaban J connectivity index is 1.46. The van der Waals surface area contributed by atoms with Crippen molar-refractivity contribution in [3.8, 4) is 0 Å². The second-order valence-corrected chi connectivity index (χ2v) is 8.45. The van der Waals surface area contributed by atoms with Gasteiger partial charge in [-0.25, -0.2) is 0 Å². The Morgan fingerprint density at radius 1 is 0.667 bits per heavy atom. The van der Waals surface area contributed by atoms with Crippen LogP contribution in [-0.4, -0.2) is 36.3 Å². The fourth-order valence-corrected chi connectivity index (χ4v) is 4.04. The molecule has 3 aromatic carbocycles. The van der Waals surface area contributed by atoms with Gasteiger partial charge < -0.3 is 24.1 Å². The molecule has 0 bridgehead atoms. The van der Waals surface area contributed by atoms with E-state index in [4.69, 9.17) is 18.9 Å². The number of ether oxygens (including phenoxy) is 4. The third-order valence-corrected chi connectivity index (χ3v) is 5.94. The molecule has 1 saturated heterocycles. The number of aliphatic hydroxyl groups is 1. The van der Waals surface area contributed by atoms with Crippen molar-refractivity contribution in [3.63, 3.8) is 0 Å². The first-order valence-electron chi connectivity index (χ1n) is 11.5. The molecule has 0 aliphatic carbocycles. The van der Waals surface area contributed by atoms with E-state index in [0.717, 1.165) is 16.7 Å². The van der Waals surface area contributed by atoms with Crippen LogP contribution < -0.4 is 0 Å². The SMILES string of the molecule is C[C@H]1[C@@H](OCc2ccccc2)[C@H](OCc2ccccc2)[C@@H](COCc2ccccc2)O[C@@H]1O. The van der Waals surface area contributed by atoms with Crippen LogP contribution in [0.2, 0.25) is 0 Å². The molecule has 5 atom stereocenters. The molecular formula is C28H32O5. The zero-order valence-corrected chi connectivity index (χ0v) is 19.0. The maximum atomic E-state index is 10.6. The molecule has 174 valence electrons. The van der Waals surface area contributed by atoms with Crippen molar-refractivity contribution in [3.05, 3.63) is 108 Å². The minimum Gasteiger partial charge on any atom is -0.374 e. The maximum Gasteiger partial charge on any atom is 0.160 e. The van der Waals surface area contributed by atoms with Gasteiger partial charge in [0.25, 0.3) is 0 Å². The summed E-state index contributed by atoms with van der Waals surface area (Å²) >= 11 is 0. The summed E-state index contributed by atoms with van der Waals surface area (Å²) in [6, 6.07) is 30.0. The largest absolute Gasteiger partial charge is 0.374 e. The maximum absolute atomic E-state index is 10.6. The van der Waals surface area contributed by atoms with E-state index in [1.165, 1.54) is 0 Å². The van der Waals surface area contributed by atoms with Gasteiger partial charge in [-0.05, 0) is 16.7 Å². The van der Waals surface area contributed by atoms with Crippen molar-refractivity contribution in [2.24, 2.45) is 5.92 Å². The molecule has 5 nitrogen and oxygen atoms in total. The van der Waals surface area contributed by atoms with Crippen molar-refractivity contribution in [2.75, 3.05) is 6.61 Å². The quantitative estimate of drug-likeness (QED) is 0.486. The lowest BCUT2D eigenvalue weighted by Gasteiger charge is -2.43. The van der Waals surface area contributed by atoms with Crippen LogP contribution in [0.5, 0.6) is 0 Å². The van der Waals surface area contributed by atoms with Gasteiger partial charge in [0.15, 0.2) is 6.29 Å². The summed E-state index contributed by atoms with van der Waals surface area (Å²) in [5, 5.41) is 10.6. The summed E-state index contributed by atoms with van der Waals surface area (Å²) in [4.78, 5) is 0. The number of benzene rings is 3. The molecule has 0 spiro atoms. The molecule has 5 heteroatoms. The number of rotatable bonds is 10. The van der Waals surface area contributed by atoms with Crippen LogP contribution in [0, 0.1) is 5.92 Å². The minimum absolute atomic E-state index is 0.250. The lowest BCUT2D eigenvalue weighted by molar-refractivity contribution is -0.289. The highest BCUT2D eigenvalue weighted by Crippen LogP contribution is 2.31. The summed E-state index contributed by atoms with van der Waals surface area (Å²) in [6.45, 7) is 3.56. The van der Waals surface area contributed by atoms with E-state index in [1.54, 1.807) is 0 Å². The van der Waals surface area contributed by atoms with Crippen LogP contribution in [0.1, 0.15) is 23.6 Å². The Morgan fingerprint density at radius 3 is 1.64 bits per heavy atom. The van der Waals surface area contributed by atoms with Gasteiger partial charge in [0.1, 0.15) is 12.2 Å². The van der Waals surface area contributed by atoms with Crippen molar-refractivity contribution in [2.45, 2.75) is 51.3 Å². The predicted molar refractivity (Wildman–Crippen MR) is 126 cm³/mol. The van der Waals surface area contributed by atoms with Gasteiger partial charge in [-0.2, -0.15) is 0 Å². The normalized spacial score (nSPS) is 25.1. The van der Waals surface area contributed by atoms with Crippen molar-refractivity contribution in [1.82, 2.24) is 0 Å². The molecule has 33 heavy (non-hydrogen) atoms. The van der Waals surface area contributed by atoms with Gasteiger partial charge in [-0.15, -0.1) is 0 Å². The molecule has 0 saturated carbocycles. The van der Waals surface area contributed by atoms with E-state index in [1.807, 2.05) is 97.9 Å². The Kier molecular flexibility index (Phi) is 8.64. The van der Waals surface area contributed by atoms with Gasteiger partial charge in [-0.3, -0.25) is 0 Å². The van der Waals surface area contributed by atoms with Gasteiger partial charge in [0.05, 0.1) is 32.5 Å². The highest BCUT2D eigenvalue weighted by Gasteiger charge is 2.45. The highest BCUT2D eigenvalue weighted by atomic mass is 16.6. The summed E-state index contributed by atoms with van der Waals surface area (Å²) in [5.74, 6) is -0.250. The molecule has 4 rings (SSSR count). The Labute approximate surface area is 195 Å². The van der Waals surface area contributed by atoms with E-state index >= 15 is 0 Å². The summed E-state index contributed by atoms with van der Waals surface area (Å²) in [6.07, 6.45) is -2.14. The average molecular weight is 449 g/mol. The van der Waals surface area contributed by atoms with Crippen LogP contribution in [0.3, 0.4) is 0 Å². The molecule has 1 aliphatic heterocycles. The second-order valence-electron chi connectivity index (χ2n) is 8.45. The van der Waals surface area contributed by atoms with Gasteiger partial charge in [-0.1, -0.05) is 97.9 Å². The Morgan fingerprint density at radius 2 is 1.12 bits per heavy atom. The first-order valence-corrected chi connectivity index (χ1v) is 11.5. The second kappa shape index (κ2) is 12.1. The molecule has 0 radical (unpaired) electrons. The van der Waals surface area contributed by atoms with E-state index in [-0.39, 0.29) is 18.1 Å². The molecule has 3 aromatic rings. The average Bonchev–Trinajstić information content (AvgIpc) is 2.86. The summed E-state index contributed by atoms with van der Waals surface area (Å²) in [7, 11) is 0. The molecule has 1 N–H and O–H groups in total. The molecular weight excluding hydrogens is 416 g/mol.